The summed E-state index contributed by atoms with van der Waals surface area (Å²) in [6, 6.07) is 22.5. The Morgan fingerprint density at radius 2 is 1.33 bits per heavy atom. The Labute approximate surface area is 175 Å². The summed E-state index contributed by atoms with van der Waals surface area (Å²) in [6.07, 6.45) is 0. The summed E-state index contributed by atoms with van der Waals surface area (Å²) < 4.78 is 0. The molecule has 0 bridgehead atoms. The van der Waals surface area contributed by atoms with Gasteiger partial charge in [-0.05, 0) is 51.9 Å². The van der Waals surface area contributed by atoms with E-state index in [2.05, 4.69) is 32.9 Å². The van der Waals surface area contributed by atoms with Gasteiger partial charge in [-0.3, -0.25) is 0 Å². The largest absolute Gasteiger partial charge is 0.478 e. The molecule has 0 radical (unpaired) electrons. The van der Waals surface area contributed by atoms with Gasteiger partial charge in [0, 0.05) is 11.3 Å². The number of hydrogen-bond acceptors (Lipinski definition) is 2. The minimum absolute atomic E-state index is 0.0302. The molecule has 3 aromatic carbocycles. The van der Waals surface area contributed by atoms with E-state index in [1.165, 1.54) is 11.1 Å². The Bertz CT molecular complexity index is 1140. The van der Waals surface area contributed by atoms with Crippen LogP contribution in [0.4, 0.5) is 0 Å². The molecule has 2 atom stereocenters. The number of rotatable bonds is 4. The molecule has 0 aliphatic heterocycles. The lowest BCUT2D eigenvalue weighted by atomic mass is 9.63. The molecular formula is C26H24O4. The second-order valence-corrected chi connectivity index (χ2v) is 8.72. The van der Waals surface area contributed by atoms with E-state index in [0.717, 1.165) is 11.1 Å². The maximum absolute atomic E-state index is 11.6. The van der Waals surface area contributed by atoms with Crippen LogP contribution in [0.15, 0.2) is 72.8 Å². The zero-order valence-corrected chi connectivity index (χ0v) is 17.2. The lowest BCUT2D eigenvalue weighted by Gasteiger charge is -2.39. The Kier molecular flexibility index (Phi) is 4.53. The highest BCUT2D eigenvalue weighted by atomic mass is 16.4. The van der Waals surface area contributed by atoms with Gasteiger partial charge in [-0.2, -0.15) is 0 Å². The van der Waals surface area contributed by atoms with Gasteiger partial charge in [0.15, 0.2) is 0 Å². The Morgan fingerprint density at radius 1 is 0.733 bits per heavy atom. The van der Waals surface area contributed by atoms with Gasteiger partial charge in [-0.25, -0.2) is 9.59 Å². The van der Waals surface area contributed by atoms with Gasteiger partial charge < -0.3 is 10.2 Å². The van der Waals surface area contributed by atoms with Crippen molar-refractivity contribution in [3.8, 4) is 0 Å². The van der Waals surface area contributed by atoms with Gasteiger partial charge in [-0.1, -0.05) is 69.3 Å². The third kappa shape index (κ3) is 2.83. The first-order valence-corrected chi connectivity index (χ1v) is 9.94. The van der Waals surface area contributed by atoms with Gasteiger partial charge in [-0.15, -0.1) is 0 Å². The summed E-state index contributed by atoms with van der Waals surface area (Å²) in [6.45, 7) is 6.57. The number of aromatic carboxylic acids is 2. The number of fused-ring (bicyclic) bond motifs is 1. The average molecular weight is 400 g/mol. The zero-order valence-electron chi connectivity index (χ0n) is 17.2. The highest BCUT2D eigenvalue weighted by molar-refractivity contribution is 5.88. The van der Waals surface area contributed by atoms with Crippen LogP contribution in [0.2, 0.25) is 0 Å². The Balaban J connectivity index is 1.98. The van der Waals surface area contributed by atoms with Crippen molar-refractivity contribution in [1.82, 2.24) is 0 Å². The lowest BCUT2D eigenvalue weighted by molar-refractivity contribution is 0.0686. The maximum atomic E-state index is 11.6. The molecule has 1 aliphatic rings. The second-order valence-electron chi connectivity index (χ2n) is 8.72. The molecular weight excluding hydrogens is 376 g/mol. The SMILES string of the molecule is CC1(C)c2ccccc2C(C)(c2ccc(C(=O)O)cc2)C1c1cccc(C(=O)O)c1. The highest BCUT2D eigenvalue weighted by Gasteiger charge is 2.54. The number of carboxylic acid groups (broad SMARTS) is 2. The van der Waals surface area contributed by atoms with Crippen molar-refractivity contribution in [3.63, 3.8) is 0 Å². The number of benzene rings is 3. The third-order valence-corrected chi connectivity index (χ3v) is 6.68. The molecule has 0 spiro atoms. The molecule has 0 saturated carbocycles. The normalized spacial score (nSPS) is 21.8. The van der Waals surface area contributed by atoms with Crippen LogP contribution in [0.5, 0.6) is 0 Å². The maximum Gasteiger partial charge on any atom is 0.335 e. The molecule has 0 heterocycles. The monoisotopic (exact) mass is 400 g/mol. The first-order chi connectivity index (χ1) is 14.2. The van der Waals surface area contributed by atoms with Crippen LogP contribution in [0.1, 0.15) is 69.7 Å². The van der Waals surface area contributed by atoms with Crippen molar-refractivity contribution >= 4 is 11.9 Å². The predicted molar refractivity (Wildman–Crippen MR) is 115 cm³/mol. The minimum Gasteiger partial charge on any atom is -0.478 e. The molecule has 0 fully saturated rings. The molecule has 4 heteroatoms. The van der Waals surface area contributed by atoms with Crippen molar-refractivity contribution < 1.29 is 19.8 Å². The second kappa shape index (κ2) is 6.84. The van der Waals surface area contributed by atoms with Crippen molar-refractivity contribution in [3.05, 3.63) is 106 Å². The van der Waals surface area contributed by atoms with Crippen molar-refractivity contribution in [2.45, 2.75) is 37.5 Å². The summed E-state index contributed by atoms with van der Waals surface area (Å²) in [5, 5.41) is 18.8. The lowest BCUT2D eigenvalue weighted by Crippen LogP contribution is -2.35. The first kappa shape index (κ1) is 19.9. The van der Waals surface area contributed by atoms with Gasteiger partial charge in [0.1, 0.15) is 0 Å². The molecule has 2 unspecified atom stereocenters. The third-order valence-electron chi connectivity index (χ3n) is 6.68. The standard InChI is InChI=1S/C26H24O4/c1-25(2)20-9-4-5-10-21(20)26(3,19-13-11-16(12-14-19)23(27)28)22(25)17-7-6-8-18(15-17)24(29)30/h4-15,22H,1-3H3,(H,27,28)(H,29,30). The van der Waals surface area contributed by atoms with E-state index in [-0.39, 0.29) is 22.5 Å². The fourth-order valence-electron chi connectivity index (χ4n) is 5.41. The van der Waals surface area contributed by atoms with E-state index in [1.54, 1.807) is 30.3 Å². The average Bonchev–Trinajstić information content (AvgIpc) is 2.92. The van der Waals surface area contributed by atoms with Gasteiger partial charge in [0.25, 0.3) is 0 Å². The molecule has 30 heavy (non-hydrogen) atoms. The van der Waals surface area contributed by atoms with Crippen LogP contribution >= 0.6 is 0 Å². The molecule has 1 aliphatic carbocycles. The molecule has 0 amide bonds. The summed E-state index contributed by atoms with van der Waals surface area (Å²) in [5.74, 6) is -1.93. The first-order valence-electron chi connectivity index (χ1n) is 9.94. The smallest absolute Gasteiger partial charge is 0.335 e. The molecule has 0 aromatic heterocycles. The highest BCUT2D eigenvalue weighted by Crippen LogP contribution is 2.61. The fourth-order valence-corrected chi connectivity index (χ4v) is 5.41. The summed E-state index contributed by atoms with van der Waals surface area (Å²) >= 11 is 0. The zero-order chi connectivity index (χ0) is 21.7. The van der Waals surface area contributed by atoms with E-state index < -0.39 is 17.4 Å². The van der Waals surface area contributed by atoms with Crippen molar-refractivity contribution in [2.24, 2.45) is 0 Å². The van der Waals surface area contributed by atoms with E-state index >= 15 is 0 Å². The molecule has 2 N–H and O–H groups in total. The molecule has 4 nitrogen and oxygen atoms in total. The Hall–Kier alpha value is -3.40. The van der Waals surface area contributed by atoms with E-state index in [0.29, 0.717) is 0 Å². The topological polar surface area (TPSA) is 74.6 Å². The van der Waals surface area contributed by atoms with Crippen LogP contribution in [-0.2, 0) is 10.8 Å². The van der Waals surface area contributed by atoms with Crippen molar-refractivity contribution in [1.29, 1.82) is 0 Å². The van der Waals surface area contributed by atoms with E-state index in [9.17, 15) is 19.8 Å². The number of carboxylic acids is 2. The van der Waals surface area contributed by atoms with Crippen LogP contribution in [-0.4, -0.2) is 22.2 Å². The van der Waals surface area contributed by atoms with Crippen LogP contribution in [0.25, 0.3) is 0 Å². The van der Waals surface area contributed by atoms with Gasteiger partial charge in [0.05, 0.1) is 11.1 Å². The minimum atomic E-state index is -0.954. The summed E-state index contributed by atoms with van der Waals surface area (Å²) in [7, 11) is 0. The van der Waals surface area contributed by atoms with Gasteiger partial charge >= 0.3 is 11.9 Å². The van der Waals surface area contributed by atoms with Gasteiger partial charge in [0.2, 0.25) is 0 Å². The van der Waals surface area contributed by atoms with Crippen LogP contribution < -0.4 is 0 Å². The molecule has 0 saturated heterocycles. The molecule has 152 valence electrons. The summed E-state index contributed by atoms with van der Waals surface area (Å²) in [4.78, 5) is 23.0. The quantitative estimate of drug-likeness (QED) is 0.609. The fraction of sp³-hybridized carbons (Fsp3) is 0.231. The van der Waals surface area contributed by atoms with Crippen LogP contribution in [0, 0.1) is 0 Å². The number of carbonyl (C=O) groups is 2. The predicted octanol–water partition coefficient (Wildman–Crippen LogP) is 5.46. The Morgan fingerprint density at radius 3 is 1.93 bits per heavy atom. The molecule has 4 rings (SSSR count). The summed E-state index contributed by atoms with van der Waals surface area (Å²) in [5.41, 5.74) is 4.18. The van der Waals surface area contributed by atoms with Crippen LogP contribution in [0.3, 0.4) is 0 Å². The van der Waals surface area contributed by atoms with E-state index in [4.69, 9.17) is 0 Å². The number of hydrogen-bond donors (Lipinski definition) is 2. The molecule has 3 aromatic rings. The van der Waals surface area contributed by atoms with Crippen molar-refractivity contribution in [2.75, 3.05) is 0 Å². The van der Waals surface area contributed by atoms with E-state index in [1.807, 2.05) is 30.3 Å².